The topological polar surface area (TPSA) is 140 Å². The Labute approximate surface area is 178 Å². The van der Waals surface area contributed by atoms with Crippen LogP contribution >= 0.6 is 0 Å². The Morgan fingerprint density at radius 1 is 1.09 bits per heavy atom. The van der Waals surface area contributed by atoms with Crippen LogP contribution in [0.15, 0.2) is 24.3 Å². The van der Waals surface area contributed by atoms with Crippen molar-refractivity contribution in [3.05, 3.63) is 58.7 Å². The predicted octanol–water partition coefficient (Wildman–Crippen LogP) is 3.30. The second-order valence-corrected chi connectivity index (χ2v) is 6.20. The van der Waals surface area contributed by atoms with Gasteiger partial charge in [-0.25, -0.2) is 27.2 Å². The van der Waals surface area contributed by atoms with Crippen LogP contribution in [0.3, 0.4) is 0 Å². The number of nitrogens with two attached hydrogens (primary N) is 1. The minimum absolute atomic E-state index is 0.0317. The summed E-state index contributed by atoms with van der Waals surface area (Å²) in [6.07, 6.45) is -2.01. The molecule has 13 heteroatoms. The second-order valence-electron chi connectivity index (χ2n) is 6.20. The van der Waals surface area contributed by atoms with Crippen molar-refractivity contribution < 1.29 is 46.5 Å². The summed E-state index contributed by atoms with van der Waals surface area (Å²) in [7, 11) is 1.12. The van der Waals surface area contributed by atoms with E-state index in [4.69, 9.17) is 14.6 Å². The zero-order valence-corrected chi connectivity index (χ0v) is 16.4. The van der Waals surface area contributed by atoms with Gasteiger partial charge in [0, 0.05) is 24.2 Å². The summed E-state index contributed by atoms with van der Waals surface area (Å²) in [4.78, 5) is 32.8. The van der Waals surface area contributed by atoms with E-state index < -0.39 is 53.0 Å². The van der Waals surface area contributed by atoms with Crippen LogP contribution in [-0.2, 0) is 4.74 Å². The van der Waals surface area contributed by atoms with E-state index in [0.717, 1.165) is 19.2 Å². The maximum absolute atomic E-state index is 14.4. The number of rotatable bonds is 3. The lowest BCUT2D eigenvalue weighted by Crippen LogP contribution is -2.34. The third kappa shape index (κ3) is 5.77. The molecule has 1 heterocycles. The Kier molecular flexibility index (Phi) is 7.82. The quantitative estimate of drug-likeness (QED) is 0.520. The highest BCUT2D eigenvalue weighted by molar-refractivity contribution is 6.06. The number of nitrogens with one attached hydrogen (secondary N) is 2. The average Bonchev–Trinajstić information content (AvgIpc) is 2.70. The summed E-state index contributed by atoms with van der Waals surface area (Å²) >= 11 is 0. The molecule has 32 heavy (non-hydrogen) atoms. The number of carbonyl (C=O) groups excluding carboxylic acids is 2. The van der Waals surface area contributed by atoms with Crippen molar-refractivity contribution in [1.82, 2.24) is 5.32 Å². The smallest absolute Gasteiger partial charge is 0.407 e. The van der Waals surface area contributed by atoms with E-state index in [1.54, 1.807) is 0 Å². The number of carbonyl (C=O) groups is 3. The Morgan fingerprint density at radius 3 is 2.34 bits per heavy atom. The van der Waals surface area contributed by atoms with Crippen molar-refractivity contribution in [2.24, 2.45) is 5.73 Å². The maximum Gasteiger partial charge on any atom is 0.407 e. The van der Waals surface area contributed by atoms with Gasteiger partial charge < -0.3 is 30.9 Å². The Hall–Kier alpha value is -4.03. The van der Waals surface area contributed by atoms with Gasteiger partial charge in [0.1, 0.15) is 22.9 Å². The molecule has 0 saturated carbocycles. The van der Waals surface area contributed by atoms with Gasteiger partial charge in [0.15, 0.2) is 11.6 Å². The van der Waals surface area contributed by atoms with Gasteiger partial charge in [0.2, 0.25) is 0 Å². The second kappa shape index (κ2) is 10.3. The van der Waals surface area contributed by atoms with Crippen molar-refractivity contribution in [2.75, 3.05) is 19.0 Å². The molecule has 0 saturated heterocycles. The van der Waals surface area contributed by atoms with E-state index in [0.29, 0.717) is 12.1 Å². The lowest BCUT2D eigenvalue weighted by molar-refractivity contribution is 0.101. The van der Waals surface area contributed by atoms with Crippen LogP contribution in [0.4, 0.5) is 32.8 Å². The first-order chi connectivity index (χ1) is 15.0. The fourth-order valence-corrected chi connectivity index (χ4v) is 2.84. The molecule has 3 rings (SSSR count). The molecule has 172 valence electrons. The number of fused-ring (bicyclic) bond motifs is 1. The number of alkyl carbamates (subject to hydrolysis) is 1. The third-order valence-corrected chi connectivity index (χ3v) is 4.10. The minimum atomic E-state index is -1.33. The number of hydrogen-bond donors (Lipinski definition) is 4. The molecule has 2 aromatic rings. The Balaban J connectivity index is 0.000000837. The van der Waals surface area contributed by atoms with Crippen molar-refractivity contribution >= 4 is 23.8 Å². The maximum atomic E-state index is 14.4. The molecular formula is C19H17F4N3O6. The van der Waals surface area contributed by atoms with Crippen molar-refractivity contribution in [2.45, 2.75) is 12.5 Å². The summed E-state index contributed by atoms with van der Waals surface area (Å²) in [6.45, 7) is -0.0317. The number of methoxy groups -OCH3 is 1. The number of anilines is 1. The molecule has 0 aliphatic carbocycles. The average molecular weight is 459 g/mol. The van der Waals surface area contributed by atoms with Gasteiger partial charge in [-0.1, -0.05) is 0 Å². The molecule has 1 aliphatic heterocycles. The van der Waals surface area contributed by atoms with E-state index in [9.17, 15) is 27.2 Å². The van der Waals surface area contributed by atoms with E-state index >= 15 is 0 Å². The molecule has 3 amide bonds. The van der Waals surface area contributed by atoms with Gasteiger partial charge in [-0.3, -0.25) is 4.79 Å². The molecule has 9 nitrogen and oxygen atoms in total. The number of halogens is 4. The van der Waals surface area contributed by atoms with Gasteiger partial charge in [-0.2, -0.15) is 0 Å². The zero-order chi connectivity index (χ0) is 24.0. The molecule has 0 aromatic heterocycles. The molecule has 0 unspecified atom stereocenters. The van der Waals surface area contributed by atoms with E-state index in [1.165, 1.54) is 0 Å². The molecule has 2 aromatic carbocycles. The van der Waals surface area contributed by atoms with Gasteiger partial charge in [-0.05, 0) is 12.1 Å². The largest absolute Gasteiger partial charge is 0.492 e. The molecule has 1 aliphatic rings. The number of benzene rings is 2. The van der Waals surface area contributed by atoms with E-state index in [-0.39, 0.29) is 30.0 Å². The fourth-order valence-electron chi connectivity index (χ4n) is 2.84. The van der Waals surface area contributed by atoms with Crippen LogP contribution in [0.5, 0.6) is 5.75 Å². The monoisotopic (exact) mass is 459 g/mol. The van der Waals surface area contributed by atoms with Crippen molar-refractivity contribution in [3.63, 3.8) is 0 Å². The van der Waals surface area contributed by atoms with Crippen LogP contribution in [0.25, 0.3) is 0 Å². The SMILES string of the molecule is COC(=O)N[C@H]1CCOc2c(C(=O)Nc3ccc(F)c(F)c3)c(F)cc(F)c21.NC(=O)O. The Bertz CT molecular complexity index is 1050. The normalized spacial score (nSPS) is 14.1. The highest BCUT2D eigenvalue weighted by Gasteiger charge is 2.33. The van der Waals surface area contributed by atoms with Crippen molar-refractivity contribution in [1.29, 1.82) is 0 Å². The summed E-state index contributed by atoms with van der Waals surface area (Å²) in [5, 5.41) is 11.8. The lowest BCUT2D eigenvalue weighted by Gasteiger charge is -2.28. The molecule has 0 bridgehead atoms. The third-order valence-electron chi connectivity index (χ3n) is 4.10. The number of ether oxygens (including phenoxy) is 2. The van der Waals surface area contributed by atoms with Crippen LogP contribution in [0.2, 0.25) is 0 Å². The zero-order valence-electron chi connectivity index (χ0n) is 16.4. The lowest BCUT2D eigenvalue weighted by atomic mass is 9.96. The molecule has 0 spiro atoms. The molecule has 0 fully saturated rings. The molecule has 0 radical (unpaired) electrons. The highest BCUT2D eigenvalue weighted by Crippen LogP contribution is 2.39. The first-order valence-electron chi connectivity index (χ1n) is 8.79. The van der Waals surface area contributed by atoms with Crippen LogP contribution in [-0.4, -0.2) is 36.9 Å². The number of carboxylic acid groups (broad SMARTS) is 1. The molecular weight excluding hydrogens is 442 g/mol. The number of primary amides is 1. The van der Waals surface area contributed by atoms with Crippen LogP contribution in [0.1, 0.15) is 28.4 Å². The number of amides is 3. The number of hydrogen-bond acceptors (Lipinski definition) is 5. The van der Waals surface area contributed by atoms with Crippen molar-refractivity contribution in [3.8, 4) is 5.75 Å². The van der Waals surface area contributed by atoms with Gasteiger partial charge in [0.25, 0.3) is 5.91 Å². The fraction of sp³-hybridized carbons (Fsp3) is 0.211. The first kappa shape index (κ1) is 24.2. The minimum Gasteiger partial charge on any atom is -0.492 e. The Morgan fingerprint density at radius 2 is 1.75 bits per heavy atom. The van der Waals surface area contributed by atoms with Crippen LogP contribution in [0, 0.1) is 23.3 Å². The molecule has 5 N–H and O–H groups in total. The molecule has 1 atom stereocenters. The van der Waals surface area contributed by atoms with Gasteiger partial charge in [-0.15, -0.1) is 0 Å². The summed E-state index contributed by atoms with van der Waals surface area (Å²) in [6, 6.07) is 2.15. The summed E-state index contributed by atoms with van der Waals surface area (Å²) in [5.74, 6) is -6.00. The van der Waals surface area contributed by atoms with Gasteiger partial charge >= 0.3 is 12.2 Å². The standard InChI is InChI=1S/C18H14F4N2O4.CH3NO2/c1-27-18(26)24-13-4-5-28-16-14(13)11(21)7-12(22)15(16)17(25)23-8-2-3-9(19)10(20)6-8;2-1(3)4/h2-3,6-7,13H,4-5H2,1H3,(H,23,25)(H,24,26);2H2,(H,3,4)/t13-;/m0./s1. The first-order valence-corrected chi connectivity index (χ1v) is 8.79. The summed E-state index contributed by atoms with van der Waals surface area (Å²) < 4.78 is 64.8. The van der Waals surface area contributed by atoms with Crippen LogP contribution < -0.4 is 21.1 Å². The van der Waals surface area contributed by atoms with E-state index in [2.05, 4.69) is 21.1 Å². The predicted molar refractivity (Wildman–Crippen MR) is 101 cm³/mol. The summed E-state index contributed by atoms with van der Waals surface area (Å²) in [5.41, 5.74) is 3.05. The van der Waals surface area contributed by atoms with Gasteiger partial charge in [0.05, 0.1) is 25.3 Å². The highest BCUT2D eigenvalue weighted by atomic mass is 19.2. The van der Waals surface area contributed by atoms with E-state index in [1.807, 2.05) is 0 Å².